The molecule has 1 amide bonds. The quantitative estimate of drug-likeness (QED) is 0.868. The number of anilines is 1. The van der Waals surface area contributed by atoms with Gasteiger partial charge in [0.1, 0.15) is 5.75 Å². The molecular formula is C20H25NO2. The van der Waals surface area contributed by atoms with Gasteiger partial charge in [0.2, 0.25) is 0 Å². The van der Waals surface area contributed by atoms with Crippen LogP contribution in [0.2, 0.25) is 0 Å². The molecule has 1 N–H and O–H groups in total. The number of carbonyl (C=O) groups excluding carboxylic acids is 1. The Labute approximate surface area is 138 Å². The molecule has 2 rings (SSSR count). The van der Waals surface area contributed by atoms with Gasteiger partial charge in [0.15, 0.2) is 6.10 Å². The van der Waals surface area contributed by atoms with Crippen LogP contribution in [0.1, 0.15) is 35.6 Å². The molecule has 0 aliphatic rings. The van der Waals surface area contributed by atoms with Crippen molar-refractivity contribution in [1.29, 1.82) is 0 Å². The Kier molecular flexibility index (Phi) is 5.43. The second-order valence-electron chi connectivity index (χ2n) is 6.02. The van der Waals surface area contributed by atoms with Crippen LogP contribution in [0.5, 0.6) is 5.75 Å². The van der Waals surface area contributed by atoms with E-state index in [-0.39, 0.29) is 5.91 Å². The molecule has 3 heteroatoms. The summed E-state index contributed by atoms with van der Waals surface area (Å²) in [6, 6.07) is 11.9. The molecule has 2 aromatic carbocycles. The fourth-order valence-electron chi connectivity index (χ4n) is 2.49. The maximum atomic E-state index is 12.6. The Balaban J connectivity index is 2.13. The van der Waals surface area contributed by atoms with Crippen LogP contribution in [0.3, 0.4) is 0 Å². The van der Waals surface area contributed by atoms with Crippen molar-refractivity contribution < 1.29 is 9.53 Å². The maximum absolute atomic E-state index is 12.6. The van der Waals surface area contributed by atoms with E-state index in [2.05, 4.69) is 12.2 Å². The van der Waals surface area contributed by atoms with Crippen molar-refractivity contribution in [2.24, 2.45) is 0 Å². The molecule has 0 bridgehead atoms. The lowest BCUT2D eigenvalue weighted by molar-refractivity contribution is -0.122. The first-order valence-corrected chi connectivity index (χ1v) is 8.03. The third kappa shape index (κ3) is 4.13. The van der Waals surface area contributed by atoms with Crippen molar-refractivity contribution in [3.63, 3.8) is 0 Å². The van der Waals surface area contributed by atoms with Gasteiger partial charge in [0, 0.05) is 5.69 Å². The number of ether oxygens (including phenoxy) is 1. The first-order valence-electron chi connectivity index (χ1n) is 8.03. The van der Waals surface area contributed by atoms with Gasteiger partial charge in [0.25, 0.3) is 5.91 Å². The summed E-state index contributed by atoms with van der Waals surface area (Å²) >= 11 is 0. The van der Waals surface area contributed by atoms with E-state index in [4.69, 9.17) is 4.74 Å². The van der Waals surface area contributed by atoms with Crippen LogP contribution in [0.15, 0.2) is 36.4 Å². The lowest BCUT2D eigenvalue weighted by Crippen LogP contribution is -2.32. The number of nitrogens with one attached hydrogen (secondary N) is 1. The predicted octanol–water partition coefficient (Wildman–Crippen LogP) is 4.72. The van der Waals surface area contributed by atoms with Gasteiger partial charge < -0.3 is 10.1 Å². The van der Waals surface area contributed by atoms with E-state index in [1.165, 1.54) is 5.56 Å². The molecular weight excluding hydrogens is 286 g/mol. The minimum Gasteiger partial charge on any atom is -0.481 e. The first kappa shape index (κ1) is 17.1. The molecule has 0 unspecified atom stereocenters. The minimum atomic E-state index is -0.504. The highest BCUT2D eigenvalue weighted by molar-refractivity contribution is 5.95. The Bertz CT molecular complexity index is 687. The second kappa shape index (κ2) is 7.32. The molecule has 3 nitrogen and oxygen atoms in total. The maximum Gasteiger partial charge on any atom is 0.265 e. The van der Waals surface area contributed by atoms with Gasteiger partial charge in [-0.2, -0.15) is 0 Å². The average molecular weight is 311 g/mol. The van der Waals surface area contributed by atoms with Crippen molar-refractivity contribution in [2.75, 3.05) is 5.32 Å². The van der Waals surface area contributed by atoms with E-state index >= 15 is 0 Å². The summed E-state index contributed by atoms with van der Waals surface area (Å²) in [4.78, 5) is 12.6. The number of hydrogen-bond acceptors (Lipinski definition) is 2. The Morgan fingerprint density at radius 1 is 1.00 bits per heavy atom. The number of carbonyl (C=O) groups is 1. The van der Waals surface area contributed by atoms with Gasteiger partial charge in [-0.15, -0.1) is 0 Å². The number of rotatable bonds is 5. The number of para-hydroxylation sites is 1. The van der Waals surface area contributed by atoms with Crippen LogP contribution in [0.25, 0.3) is 0 Å². The molecule has 0 aliphatic heterocycles. The summed E-state index contributed by atoms with van der Waals surface area (Å²) < 4.78 is 5.90. The monoisotopic (exact) mass is 311 g/mol. The summed E-state index contributed by atoms with van der Waals surface area (Å²) in [6.45, 7) is 10.0. The molecule has 0 radical (unpaired) electrons. The SMILES string of the molecule is CC[C@@H](Oc1ccc(C)c(C)c1)C(=O)Nc1c(C)cccc1C. The van der Waals surface area contributed by atoms with Gasteiger partial charge in [-0.1, -0.05) is 31.2 Å². The zero-order valence-electron chi connectivity index (χ0n) is 14.6. The van der Waals surface area contributed by atoms with E-state index in [1.807, 2.05) is 64.1 Å². The fourth-order valence-corrected chi connectivity index (χ4v) is 2.49. The average Bonchev–Trinajstić information content (AvgIpc) is 2.52. The number of hydrogen-bond donors (Lipinski definition) is 1. The van der Waals surface area contributed by atoms with Crippen LogP contribution < -0.4 is 10.1 Å². The summed E-state index contributed by atoms with van der Waals surface area (Å²) in [5.41, 5.74) is 5.36. The van der Waals surface area contributed by atoms with Crippen molar-refractivity contribution in [1.82, 2.24) is 0 Å². The molecule has 0 spiro atoms. The molecule has 2 aromatic rings. The third-order valence-electron chi connectivity index (χ3n) is 4.15. The van der Waals surface area contributed by atoms with Crippen molar-refractivity contribution in [2.45, 2.75) is 47.1 Å². The standard InChI is InChI=1S/C20H25NO2/c1-6-18(23-17-11-10-13(2)16(5)12-17)20(22)21-19-14(3)8-7-9-15(19)4/h7-12,18H,6H2,1-5H3,(H,21,22)/t18-/m1/s1. The van der Waals surface area contributed by atoms with Crippen LogP contribution in [-0.2, 0) is 4.79 Å². The van der Waals surface area contributed by atoms with Crippen LogP contribution in [-0.4, -0.2) is 12.0 Å². The lowest BCUT2D eigenvalue weighted by atomic mass is 10.1. The van der Waals surface area contributed by atoms with E-state index in [1.54, 1.807) is 0 Å². The van der Waals surface area contributed by atoms with E-state index in [9.17, 15) is 4.79 Å². The molecule has 122 valence electrons. The summed E-state index contributed by atoms with van der Waals surface area (Å²) in [7, 11) is 0. The zero-order valence-corrected chi connectivity index (χ0v) is 14.6. The molecule has 23 heavy (non-hydrogen) atoms. The molecule has 0 fully saturated rings. The minimum absolute atomic E-state index is 0.108. The fraction of sp³-hybridized carbons (Fsp3) is 0.350. The molecule has 0 saturated carbocycles. The van der Waals surface area contributed by atoms with Gasteiger partial charge >= 0.3 is 0 Å². The highest BCUT2D eigenvalue weighted by Gasteiger charge is 2.20. The second-order valence-corrected chi connectivity index (χ2v) is 6.02. The molecule has 0 aliphatic carbocycles. The summed E-state index contributed by atoms with van der Waals surface area (Å²) in [6.07, 6.45) is 0.111. The number of amides is 1. The van der Waals surface area contributed by atoms with Crippen molar-refractivity contribution >= 4 is 11.6 Å². The van der Waals surface area contributed by atoms with E-state index in [0.717, 1.165) is 28.1 Å². The Morgan fingerprint density at radius 2 is 1.65 bits per heavy atom. The van der Waals surface area contributed by atoms with E-state index in [0.29, 0.717) is 6.42 Å². The third-order valence-corrected chi connectivity index (χ3v) is 4.15. The molecule has 1 atom stereocenters. The van der Waals surface area contributed by atoms with E-state index < -0.39 is 6.10 Å². The Morgan fingerprint density at radius 3 is 2.22 bits per heavy atom. The van der Waals surface area contributed by atoms with Crippen molar-refractivity contribution in [3.8, 4) is 5.75 Å². The highest BCUT2D eigenvalue weighted by atomic mass is 16.5. The summed E-state index contributed by atoms with van der Waals surface area (Å²) in [5, 5.41) is 3.01. The lowest BCUT2D eigenvalue weighted by Gasteiger charge is -2.19. The molecule has 0 saturated heterocycles. The predicted molar refractivity (Wildman–Crippen MR) is 95.2 cm³/mol. The van der Waals surface area contributed by atoms with Gasteiger partial charge in [-0.05, 0) is 68.5 Å². The zero-order chi connectivity index (χ0) is 17.0. The number of aryl methyl sites for hydroxylation is 4. The van der Waals surface area contributed by atoms with Crippen LogP contribution in [0.4, 0.5) is 5.69 Å². The number of benzene rings is 2. The van der Waals surface area contributed by atoms with Crippen LogP contribution in [0, 0.1) is 27.7 Å². The molecule has 0 heterocycles. The topological polar surface area (TPSA) is 38.3 Å². The van der Waals surface area contributed by atoms with Crippen LogP contribution >= 0.6 is 0 Å². The smallest absolute Gasteiger partial charge is 0.265 e. The van der Waals surface area contributed by atoms with Gasteiger partial charge in [0.05, 0.1) is 0 Å². The van der Waals surface area contributed by atoms with Gasteiger partial charge in [-0.3, -0.25) is 4.79 Å². The molecule has 0 aromatic heterocycles. The first-order chi connectivity index (χ1) is 10.9. The highest BCUT2D eigenvalue weighted by Crippen LogP contribution is 2.22. The van der Waals surface area contributed by atoms with Gasteiger partial charge in [-0.25, -0.2) is 0 Å². The van der Waals surface area contributed by atoms with Crippen molar-refractivity contribution in [3.05, 3.63) is 58.7 Å². The Hall–Kier alpha value is -2.29. The largest absolute Gasteiger partial charge is 0.481 e. The normalized spacial score (nSPS) is 11.9. The summed E-state index contributed by atoms with van der Waals surface area (Å²) in [5.74, 6) is 0.625.